The fraction of sp³-hybridized carbons (Fsp3) is 0.553. The lowest BCUT2D eigenvalue weighted by atomic mass is 9.51. The molecule has 3 heterocycles. The van der Waals surface area contributed by atoms with E-state index in [-0.39, 0.29) is 58.4 Å². The van der Waals surface area contributed by atoms with Gasteiger partial charge in [0.2, 0.25) is 0 Å². The molecule has 2 N–H and O–H groups in total. The number of ketones is 2. The SMILES string of the molecule is C=C(C)C1CCC2(C)CC1c1c(O)c3c(c(CC=C(C)C)c1O2)O[C@]12C(=C[C@@H]4C[C@@H]1C(C)(C)O[C@@]2(C/C=C(/C)C(=O)O)C4=O)C3=O. The van der Waals surface area contributed by atoms with Crippen molar-refractivity contribution < 1.29 is 38.8 Å². The lowest BCUT2D eigenvalue weighted by Crippen LogP contribution is -2.72. The van der Waals surface area contributed by atoms with Gasteiger partial charge in [-0.1, -0.05) is 36.0 Å². The van der Waals surface area contributed by atoms with Gasteiger partial charge >= 0.3 is 5.97 Å². The molecule has 3 unspecified atom stereocenters. The quantitative estimate of drug-likeness (QED) is 0.257. The molecule has 1 saturated heterocycles. The first-order valence-corrected chi connectivity index (χ1v) is 16.5. The minimum Gasteiger partial charge on any atom is -0.507 e. The first-order chi connectivity index (χ1) is 21.5. The van der Waals surface area contributed by atoms with Crippen LogP contribution in [0, 0.1) is 17.8 Å². The number of aromatic hydroxyl groups is 1. The van der Waals surface area contributed by atoms with Crippen molar-refractivity contribution in [2.75, 3.05) is 0 Å². The molecule has 7 aliphatic rings. The molecule has 244 valence electrons. The first-order valence-electron chi connectivity index (χ1n) is 16.5. The molecule has 0 radical (unpaired) electrons. The van der Waals surface area contributed by atoms with Crippen LogP contribution in [-0.2, 0) is 20.7 Å². The summed E-state index contributed by atoms with van der Waals surface area (Å²) in [7, 11) is 0. The smallest absolute Gasteiger partial charge is 0.330 e. The number of hydrogen-bond acceptors (Lipinski definition) is 7. The van der Waals surface area contributed by atoms with Gasteiger partial charge in [-0.2, -0.15) is 0 Å². The van der Waals surface area contributed by atoms with E-state index >= 15 is 0 Å². The molecule has 8 nitrogen and oxygen atoms in total. The molecule has 1 spiro atoms. The average molecular weight is 629 g/mol. The van der Waals surface area contributed by atoms with E-state index in [0.717, 1.165) is 24.0 Å². The largest absolute Gasteiger partial charge is 0.507 e. The number of hydrogen-bond donors (Lipinski definition) is 2. The highest BCUT2D eigenvalue weighted by atomic mass is 16.6. The molecule has 1 aromatic rings. The van der Waals surface area contributed by atoms with Gasteiger partial charge in [-0.15, -0.1) is 0 Å². The number of rotatable bonds is 6. The maximum Gasteiger partial charge on any atom is 0.330 e. The fourth-order valence-corrected chi connectivity index (χ4v) is 9.66. The van der Waals surface area contributed by atoms with E-state index in [1.165, 1.54) is 13.0 Å². The third-order valence-corrected chi connectivity index (χ3v) is 11.8. The van der Waals surface area contributed by atoms with E-state index in [1.54, 1.807) is 6.08 Å². The molecule has 46 heavy (non-hydrogen) atoms. The number of ether oxygens (including phenoxy) is 3. The van der Waals surface area contributed by atoms with Crippen molar-refractivity contribution in [1.82, 2.24) is 0 Å². The Balaban J connectivity index is 1.52. The molecule has 2 saturated carbocycles. The number of aliphatic carboxylic acids is 1. The lowest BCUT2D eigenvalue weighted by molar-refractivity contribution is -0.171. The maximum absolute atomic E-state index is 15.0. The number of carbonyl (C=O) groups excluding carboxylic acids is 2. The zero-order valence-electron chi connectivity index (χ0n) is 27.8. The molecule has 0 amide bonds. The number of phenols is 1. The third-order valence-electron chi connectivity index (χ3n) is 11.8. The predicted octanol–water partition coefficient (Wildman–Crippen LogP) is 6.94. The molecule has 8 rings (SSSR count). The number of benzene rings is 1. The second-order valence-corrected chi connectivity index (χ2v) is 15.5. The van der Waals surface area contributed by atoms with Crippen LogP contribution in [0.1, 0.15) is 108 Å². The van der Waals surface area contributed by atoms with E-state index in [0.29, 0.717) is 41.7 Å². The molecular weight excluding hydrogens is 584 g/mol. The Morgan fingerprint density at radius 3 is 2.46 bits per heavy atom. The molecule has 1 aromatic carbocycles. The number of Topliss-reactive ketones (excluding diaryl/α,β-unsaturated/α-hetero) is 2. The molecule has 8 heteroatoms. The Kier molecular flexibility index (Phi) is 6.53. The normalized spacial score (nSPS) is 36.1. The van der Waals surface area contributed by atoms with Gasteiger partial charge in [-0.3, -0.25) is 9.59 Å². The Morgan fingerprint density at radius 2 is 1.80 bits per heavy atom. The van der Waals surface area contributed by atoms with Crippen molar-refractivity contribution in [3.05, 3.63) is 63.8 Å². The molecule has 6 bridgehead atoms. The summed E-state index contributed by atoms with van der Waals surface area (Å²) in [6, 6.07) is 0. The third kappa shape index (κ3) is 3.85. The molecule has 3 aliphatic heterocycles. The van der Waals surface area contributed by atoms with Crippen LogP contribution in [0.4, 0.5) is 0 Å². The zero-order valence-corrected chi connectivity index (χ0v) is 27.8. The molecule has 3 fully saturated rings. The van der Waals surface area contributed by atoms with Crippen molar-refractivity contribution in [2.24, 2.45) is 17.8 Å². The summed E-state index contributed by atoms with van der Waals surface area (Å²) < 4.78 is 20.8. The number of allylic oxidation sites excluding steroid dienone is 4. The highest BCUT2D eigenvalue weighted by molar-refractivity contribution is 6.18. The van der Waals surface area contributed by atoms with Gasteiger partial charge in [0.05, 0.1) is 5.60 Å². The Bertz CT molecular complexity index is 1740. The van der Waals surface area contributed by atoms with Gasteiger partial charge in [0, 0.05) is 46.4 Å². The van der Waals surface area contributed by atoms with Crippen LogP contribution >= 0.6 is 0 Å². The van der Waals surface area contributed by atoms with Crippen LogP contribution in [0.2, 0.25) is 0 Å². The Morgan fingerprint density at radius 1 is 1.09 bits per heavy atom. The number of carboxylic acids is 1. The molecular formula is C38H44O8. The van der Waals surface area contributed by atoms with Gasteiger partial charge < -0.3 is 24.4 Å². The zero-order chi connectivity index (χ0) is 33.3. The maximum atomic E-state index is 15.0. The van der Waals surface area contributed by atoms with Crippen LogP contribution in [0.25, 0.3) is 0 Å². The van der Waals surface area contributed by atoms with E-state index in [2.05, 4.69) is 19.6 Å². The highest BCUT2D eigenvalue weighted by Gasteiger charge is 2.81. The fourth-order valence-electron chi connectivity index (χ4n) is 9.66. The number of carboxylic acid groups (broad SMARTS) is 1. The van der Waals surface area contributed by atoms with Crippen LogP contribution in [0.3, 0.4) is 0 Å². The summed E-state index contributed by atoms with van der Waals surface area (Å²) in [6.07, 6.45) is 8.47. The van der Waals surface area contributed by atoms with Crippen LogP contribution in [0.15, 0.2) is 47.1 Å². The van der Waals surface area contributed by atoms with Crippen molar-refractivity contribution in [1.29, 1.82) is 0 Å². The van der Waals surface area contributed by atoms with Crippen molar-refractivity contribution in [3.8, 4) is 17.2 Å². The number of fused-ring (bicyclic) bond motifs is 5. The Hall–Kier alpha value is -3.65. The van der Waals surface area contributed by atoms with Gasteiger partial charge in [0.1, 0.15) is 28.4 Å². The summed E-state index contributed by atoms with van der Waals surface area (Å²) in [5.41, 5.74) is -0.519. The standard InChI is InChI=1S/C38H44O8/c1-18(2)9-10-23-31-27(24-17-36(8,44-31)13-12-22(24)19(3)4)30(40)28-29(39)25-15-21-16-26-35(6,7)46-37(33(21)41,14-11-20(5)34(42)43)38(25,26)45-32(23)28/h9,11,15,21-22,24,26,40H,3,10,12-14,16-17H2,1-2,4-8H3,(H,42,43)/b20-11-/t21-,22?,24?,26-,36?,37+,38-/m1/s1. The average Bonchev–Trinajstić information content (AvgIpc) is 3.11. The minimum atomic E-state index is -1.62. The topological polar surface area (TPSA) is 119 Å². The van der Waals surface area contributed by atoms with Crippen LogP contribution in [-0.4, -0.2) is 50.2 Å². The monoisotopic (exact) mass is 628 g/mol. The lowest BCUT2D eigenvalue weighted by Gasteiger charge is -2.56. The van der Waals surface area contributed by atoms with Gasteiger partial charge in [-0.05, 0) is 86.5 Å². The van der Waals surface area contributed by atoms with E-state index in [9.17, 15) is 24.6 Å². The van der Waals surface area contributed by atoms with E-state index in [1.807, 2.05) is 34.6 Å². The van der Waals surface area contributed by atoms with Gasteiger partial charge in [0.15, 0.2) is 22.8 Å². The summed E-state index contributed by atoms with van der Waals surface area (Å²) in [5, 5.41) is 21.8. The van der Waals surface area contributed by atoms with Crippen molar-refractivity contribution in [2.45, 2.75) is 115 Å². The van der Waals surface area contributed by atoms with E-state index in [4.69, 9.17) is 14.2 Å². The summed E-state index contributed by atoms with van der Waals surface area (Å²) >= 11 is 0. The van der Waals surface area contributed by atoms with Gasteiger partial charge in [0.25, 0.3) is 0 Å². The predicted molar refractivity (Wildman–Crippen MR) is 171 cm³/mol. The van der Waals surface area contributed by atoms with Crippen LogP contribution < -0.4 is 9.47 Å². The van der Waals surface area contributed by atoms with Crippen molar-refractivity contribution in [3.63, 3.8) is 0 Å². The van der Waals surface area contributed by atoms with E-state index < -0.39 is 34.3 Å². The highest BCUT2D eigenvalue weighted by Crippen LogP contribution is 2.69. The van der Waals surface area contributed by atoms with Gasteiger partial charge in [-0.25, -0.2) is 4.79 Å². The molecule has 4 aliphatic carbocycles. The molecule has 0 aromatic heterocycles. The summed E-state index contributed by atoms with van der Waals surface area (Å²) in [4.78, 5) is 41.1. The summed E-state index contributed by atoms with van der Waals surface area (Å²) in [6.45, 7) is 17.7. The van der Waals surface area contributed by atoms with Crippen LogP contribution in [0.5, 0.6) is 17.2 Å². The Labute approximate surface area is 270 Å². The summed E-state index contributed by atoms with van der Waals surface area (Å²) in [5.74, 6) is -1.93. The number of carbonyl (C=O) groups is 3. The minimum absolute atomic E-state index is 0.0580. The second kappa shape index (κ2) is 9.69. The first kappa shape index (κ1) is 31.0. The number of phenolic OH excluding ortho intramolecular Hbond substituents is 1. The molecule has 7 atom stereocenters. The second-order valence-electron chi connectivity index (χ2n) is 15.5. The van der Waals surface area contributed by atoms with Crippen molar-refractivity contribution >= 4 is 17.5 Å².